The molecule has 1 aliphatic carbocycles. The van der Waals surface area contributed by atoms with Gasteiger partial charge in [-0.2, -0.15) is 5.10 Å². The lowest BCUT2D eigenvalue weighted by molar-refractivity contribution is 0.408. The first-order chi connectivity index (χ1) is 6.31. The summed E-state index contributed by atoms with van der Waals surface area (Å²) in [6.45, 7) is 11.5. The third-order valence-electron chi connectivity index (χ3n) is 2.77. The predicted octanol–water partition coefficient (Wildman–Crippen LogP) is 3.37. The second kappa shape index (κ2) is 4.05. The summed E-state index contributed by atoms with van der Waals surface area (Å²) in [4.78, 5) is 0. The lowest BCUT2D eigenvalue weighted by Gasteiger charge is -2.32. The molecule has 0 saturated heterocycles. The Balaban J connectivity index is 2.65. The lowest BCUT2D eigenvalue weighted by Crippen LogP contribution is -2.40. The van der Waals surface area contributed by atoms with Gasteiger partial charge >= 0.3 is 0 Å². The SMILES string of the molecule is CC1(C)CCCC/C1=N/N[Si](C)(C)C. The van der Waals surface area contributed by atoms with E-state index in [0.717, 1.165) is 0 Å². The van der Waals surface area contributed by atoms with Crippen molar-refractivity contribution >= 4 is 13.9 Å². The molecule has 0 aromatic carbocycles. The molecule has 2 nitrogen and oxygen atoms in total. The normalized spacial score (nSPS) is 25.1. The zero-order chi connectivity index (χ0) is 10.8. The molecule has 1 N–H and O–H groups in total. The molecular weight excluding hydrogens is 188 g/mol. The van der Waals surface area contributed by atoms with Gasteiger partial charge < -0.3 is 5.09 Å². The van der Waals surface area contributed by atoms with Gasteiger partial charge in [-0.3, -0.25) is 0 Å². The minimum atomic E-state index is -1.24. The maximum atomic E-state index is 4.64. The summed E-state index contributed by atoms with van der Waals surface area (Å²) < 4.78 is 0. The Hall–Kier alpha value is -0.313. The van der Waals surface area contributed by atoms with Crippen LogP contribution in [-0.2, 0) is 0 Å². The summed E-state index contributed by atoms with van der Waals surface area (Å²) in [5.41, 5.74) is 1.71. The van der Waals surface area contributed by atoms with Gasteiger partial charge in [0.2, 0.25) is 0 Å². The zero-order valence-electron chi connectivity index (χ0n) is 10.3. The van der Waals surface area contributed by atoms with Crippen molar-refractivity contribution in [1.29, 1.82) is 0 Å². The number of hydrazone groups is 1. The van der Waals surface area contributed by atoms with E-state index in [1.165, 1.54) is 31.4 Å². The van der Waals surface area contributed by atoms with Gasteiger partial charge in [-0.15, -0.1) is 0 Å². The number of rotatable bonds is 2. The van der Waals surface area contributed by atoms with Crippen LogP contribution in [0.25, 0.3) is 0 Å². The van der Waals surface area contributed by atoms with Crippen LogP contribution in [0, 0.1) is 5.41 Å². The van der Waals surface area contributed by atoms with E-state index in [9.17, 15) is 0 Å². The summed E-state index contributed by atoms with van der Waals surface area (Å²) in [7, 11) is -1.24. The maximum Gasteiger partial charge on any atom is 0.165 e. The largest absolute Gasteiger partial charge is 0.337 e. The molecule has 0 heterocycles. The minimum Gasteiger partial charge on any atom is -0.337 e. The molecule has 0 amide bonds. The van der Waals surface area contributed by atoms with E-state index in [1.54, 1.807) is 0 Å². The van der Waals surface area contributed by atoms with E-state index in [2.05, 4.69) is 43.7 Å². The van der Waals surface area contributed by atoms with Crippen LogP contribution in [-0.4, -0.2) is 13.9 Å². The van der Waals surface area contributed by atoms with E-state index in [1.807, 2.05) is 0 Å². The molecular formula is C11H24N2Si. The van der Waals surface area contributed by atoms with Crippen LogP contribution in [0.5, 0.6) is 0 Å². The van der Waals surface area contributed by atoms with Gasteiger partial charge in [-0.25, -0.2) is 0 Å². The van der Waals surface area contributed by atoms with Gasteiger partial charge in [0, 0.05) is 11.1 Å². The van der Waals surface area contributed by atoms with Crippen LogP contribution in [0.4, 0.5) is 0 Å². The van der Waals surface area contributed by atoms with Crippen LogP contribution in [0.15, 0.2) is 5.10 Å². The second-order valence-electron chi connectivity index (χ2n) is 6.01. The van der Waals surface area contributed by atoms with Crippen LogP contribution in [0.3, 0.4) is 0 Å². The van der Waals surface area contributed by atoms with E-state index in [4.69, 9.17) is 0 Å². The molecule has 0 spiro atoms. The highest BCUT2D eigenvalue weighted by Crippen LogP contribution is 2.32. The van der Waals surface area contributed by atoms with Gasteiger partial charge in [0.05, 0.1) is 0 Å². The molecule has 14 heavy (non-hydrogen) atoms. The molecule has 3 heteroatoms. The first-order valence-electron chi connectivity index (χ1n) is 5.65. The molecule has 0 aromatic heterocycles. The average Bonchev–Trinajstić information content (AvgIpc) is 2.00. The molecule has 0 unspecified atom stereocenters. The number of nitrogens with zero attached hydrogens (tertiary/aromatic N) is 1. The highest BCUT2D eigenvalue weighted by atomic mass is 28.3. The van der Waals surface area contributed by atoms with Gasteiger partial charge in [0.1, 0.15) is 0 Å². The van der Waals surface area contributed by atoms with Gasteiger partial charge in [0.25, 0.3) is 0 Å². The topological polar surface area (TPSA) is 24.4 Å². The Labute approximate surface area is 89.3 Å². The third-order valence-corrected chi connectivity index (χ3v) is 3.56. The molecule has 1 saturated carbocycles. The van der Waals surface area contributed by atoms with Crippen molar-refractivity contribution in [2.75, 3.05) is 0 Å². The first kappa shape index (κ1) is 11.8. The van der Waals surface area contributed by atoms with Gasteiger partial charge in [-0.1, -0.05) is 39.9 Å². The molecule has 82 valence electrons. The van der Waals surface area contributed by atoms with Gasteiger partial charge in [0.15, 0.2) is 8.24 Å². The zero-order valence-corrected chi connectivity index (χ0v) is 11.3. The van der Waals surface area contributed by atoms with E-state index in [0.29, 0.717) is 5.41 Å². The van der Waals surface area contributed by atoms with E-state index >= 15 is 0 Å². The van der Waals surface area contributed by atoms with Crippen LogP contribution >= 0.6 is 0 Å². The molecule has 0 bridgehead atoms. The number of hydrogen-bond donors (Lipinski definition) is 1. The highest BCUT2D eigenvalue weighted by molar-refractivity contribution is 6.73. The molecule has 0 aromatic rings. The summed E-state index contributed by atoms with van der Waals surface area (Å²) >= 11 is 0. The fourth-order valence-electron chi connectivity index (χ4n) is 1.78. The first-order valence-corrected chi connectivity index (χ1v) is 9.15. The Morgan fingerprint density at radius 2 is 1.86 bits per heavy atom. The van der Waals surface area contributed by atoms with Crippen molar-refractivity contribution in [1.82, 2.24) is 5.09 Å². The maximum absolute atomic E-state index is 4.64. The summed E-state index contributed by atoms with van der Waals surface area (Å²) in [5.74, 6) is 0. The third kappa shape index (κ3) is 3.44. The van der Waals surface area contributed by atoms with Crippen molar-refractivity contribution < 1.29 is 0 Å². The highest BCUT2D eigenvalue weighted by Gasteiger charge is 2.28. The van der Waals surface area contributed by atoms with Crippen molar-refractivity contribution in [3.8, 4) is 0 Å². The number of nitrogens with one attached hydrogen (secondary N) is 1. The predicted molar refractivity (Wildman–Crippen MR) is 66.2 cm³/mol. The Morgan fingerprint density at radius 3 is 2.36 bits per heavy atom. The van der Waals surface area contributed by atoms with E-state index < -0.39 is 8.24 Å². The molecule has 0 aliphatic heterocycles. The van der Waals surface area contributed by atoms with Crippen LogP contribution in [0.1, 0.15) is 39.5 Å². The fraction of sp³-hybridized carbons (Fsp3) is 0.909. The second-order valence-corrected chi connectivity index (χ2v) is 10.7. The quantitative estimate of drug-likeness (QED) is 0.551. The lowest BCUT2D eigenvalue weighted by atomic mass is 9.76. The summed E-state index contributed by atoms with van der Waals surface area (Å²) in [6.07, 6.45) is 5.15. The van der Waals surface area contributed by atoms with Gasteiger partial charge in [-0.05, 0) is 19.3 Å². The molecule has 0 radical (unpaired) electrons. The summed E-state index contributed by atoms with van der Waals surface area (Å²) in [5, 5.41) is 8.01. The smallest absolute Gasteiger partial charge is 0.165 e. The van der Waals surface area contributed by atoms with Crippen molar-refractivity contribution in [3.63, 3.8) is 0 Å². The van der Waals surface area contributed by atoms with Crippen molar-refractivity contribution in [2.45, 2.75) is 59.2 Å². The minimum absolute atomic E-state index is 0.324. The van der Waals surface area contributed by atoms with Crippen molar-refractivity contribution in [2.24, 2.45) is 10.5 Å². The van der Waals surface area contributed by atoms with Crippen LogP contribution < -0.4 is 5.09 Å². The Bertz CT molecular complexity index is 226. The Morgan fingerprint density at radius 1 is 1.21 bits per heavy atom. The molecule has 1 rings (SSSR count). The standard InChI is InChI=1S/C11H24N2Si/c1-11(2)9-7-6-8-10(11)12-13-14(3,4)5/h13H,6-9H2,1-5H3/b12-10-. The fourth-order valence-corrected chi connectivity index (χ4v) is 2.25. The number of hydrogen-bond acceptors (Lipinski definition) is 2. The molecule has 1 aliphatic rings. The van der Waals surface area contributed by atoms with Crippen molar-refractivity contribution in [3.05, 3.63) is 0 Å². The van der Waals surface area contributed by atoms with Crippen LogP contribution in [0.2, 0.25) is 19.6 Å². The molecule has 0 atom stereocenters. The molecule has 1 fully saturated rings. The van der Waals surface area contributed by atoms with E-state index in [-0.39, 0.29) is 0 Å². The Kier molecular flexibility index (Phi) is 3.40. The monoisotopic (exact) mass is 212 g/mol. The average molecular weight is 212 g/mol. The summed E-state index contributed by atoms with van der Waals surface area (Å²) in [6, 6.07) is 0.